The van der Waals surface area contributed by atoms with Crippen molar-refractivity contribution in [2.24, 2.45) is 5.41 Å². The van der Waals surface area contributed by atoms with Crippen LogP contribution in [0, 0.1) is 5.41 Å². The Balaban J connectivity index is 2.84. The minimum Gasteiger partial charge on any atom is -0.385 e. The first-order valence-corrected chi connectivity index (χ1v) is 6.94. The molecule has 1 N–H and O–H groups in total. The summed E-state index contributed by atoms with van der Waals surface area (Å²) < 4.78 is 50.0. The quantitative estimate of drug-likeness (QED) is 0.681. The van der Waals surface area contributed by atoms with Crippen molar-refractivity contribution in [1.82, 2.24) is 10.2 Å². The van der Waals surface area contributed by atoms with E-state index in [2.05, 4.69) is 5.32 Å². The molecule has 0 spiro atoms. The van der Waals surface area contributed by atoms with Crippen molar-refractivity contribution >= 4 is 5.91 Å². The number of hydrogen-bond acceptors (Lipinski definition) is 4. The minimum absolute atomic E-state index is 0.150. The van der Waals surface area contributed by atoms with Gasteiger partial charge in [-0.15, -0.1) is 0 Å². The average molecular weight is 312 g/mol. The maximum atomic E-state index is 13.4. The predicted octanol–water partition coefficient (Wildman–Crippen LogP) is 1.04. The number of rotatable bonds is 8. The third kappa shape index (κ3) is 4.31. The number of halogens is 3. The van der Waals surface area contributed by atoms with E-state index < -0.39 is 17.5 Å². The van der Waals surface area contributed by atoms with Crippen molar-refractivity contribution in [3.8, 4) is 0 Å². The van der Waals surface area contributed by atoms with Crippen LogP contribution in [0.15, 0.2) is 0 Å². The molecule has 1 saturated heterocycles. The monoisotopic (exact) mass is 312 g/mol. The Bertz CT molecular complexity index is 331. The molecule has 1 amide bonds. The maximum absolute atomic E-state index is 13.4. The number of carbonyl (C=O) groups is 1. The molecular weight excluding hydrogens is 289 g/mol. The molecule has 0 bridgehead atoms. The molecule has 0 aliphatic carbocycles. The Morgan fingerprint density at radius 3 is 2.38 bits per heavy atom. The van der Waals surface area contributed by atoms with Gasteiger partial charge in [-0.25, -0.2) is 0 Å². The second-order valence-corrected chi connectivity index (χ2v) is 5.14. The number of ether oxygens (including phenoxy) is 2. The Labute approximate surface area is 122 Å². The molecule has 1 aliphatic heterocycles. The molecule has 0 aromatic heterocycles. The molecule has 21 heavy (non-hydrogen) atoms. The largest absolute Gasteiger partial charge is 0.404 e. The topological polar surface area (TPSA) is 50.8 Å². The van der Waals surface area contributed by atoms with Crippen molar-refractivity contribution in [3.63, 3.8) is 0 Å². The van der Waals surface area contributed by atoms with Crippen LogP contribution in [0.4, 0.5) is 13.2 Å². The smallest absolute Gasteiger partial charge is 0.385 e. The van der Waals surface area contributed by atoms with E-state index >= 15 is 0 Å². The Hall–Kier alpha value is -0.860. The molecule has 0 saturated carbocycles. The SMILES string of the molecule is COCCCN(CCOC)C(=O)C1(C(F)(F)F)CCNC1. The van der Waals surface area contributed by atoms with Gasteiger partial charge in [0.1, 0.15) is 0 Å². The predicted molar refractivity (Wildman–Crippen MR) is 70.9 cm³/mol. The van der Waals surface area contributed by atoms with Gasteiger partial charge in [0.25, 0.3) is 0 Å². The van der Waals surface area contributed by atoms with E-state index in [-0.39, 0.29) is 39.2 Å². The van der Waals surface area contributed by atoms with Gasteiger partial charge < -0.3 is 19.7 Å². The van der Waals surface area contributed by atoms with Crippen LogP contribution >= 0.6 is 0 Å². The van der Waals surface area contributed by atoms with E-state index in [1.807, 2.05) is 0 Å². The van der Waals surface area contributed by atoms with Crippen LogP contribution in [0.2, 0.25) is 0 Å². The zero-order valence-electron chi connectivity index (χ0n) is 12.5. The standard InChI is InChI=1S/C13H23F3N2O3/c1-20-8-3-6-18(7-9-21-2)11(19)12(13(14,15)16)4-5-17-10-12/h17H,3-10H2,1-2H3. The van der Waals surface area contributed by atoms with E-state index in [1.54, 1.807) is 0 Å². The van der Waals surface area contributed by atoms with Gasteiger partial charge in [-0.3, -0.25) is 4.79 Å². The highest BCUT2D eigenvalue weighted by atomic mass is 19.4. The van der Waals surface area contributed by atoms with E-state index in [0.717, 1.165) is 0 Å². The first-order chi connectivity index (χ1) is 9.89. The second kappa shape index (κ2) is 7.95. The van der Waals surface area contributed by atoms with E-state index in [4.69, 9.17) is 9.47 Å². The molecule has 1 heterocycles. The number of amides is 1. The van der Waals surface area contributed by atoms with Gasteiger partial charge in [-0.1, -0.05) is 0 Å². The molecule has 1 unspecified atom stereocenters. The number of methoxy groups -OCH3 is 2. The van der Waals surface area contributed by atoms with Crippen molar-refractivity contribution in [2.45, 2.75) is 19.0 Å². The van der Waals surface area contributed by atoms with Crippen molar-refractivity contribution in [2.75, 3.05) is 53.6 Å². The summed E-state index contributed by atoms with van der Waals surface area (Å²) in [5.74, 6) is -0.867. The minimum atomic E-state index is -4.56. The van der Waals surface area contributed by atoms with E-state index in [1.165, 1.54) is 19.1 Å². The average Bonchev–Trinajstić information content (AvgIpc) is 2.92. The van der Waals surface area contributed by atoms with Gasteiger partial charge in [-0.2, -0.15) is 13.2 Å². The molecule has 0 aromatic rings. The Morgan fingerprint density at radius 1 is 1.24 bits per heavy atom. The van der Waals surface area contributed by atoms with E-state index in [0.29, 0.717) is 13.0 Å². The molecule has 0 aromatic carbocycles. The summed E-state index contributed by atoms with van der Waals surface area (Å²) in [6, 6.07) is 0. The van der Waals surface area contributed by atoms with Crippen LogP contribution in [0.3, 0.4) is 0 Å². The van der Waals surface area contributed by atoms with Crippen LogP contribution in [0.25, 0.3) is 0 Å². The fraction of sp³-hybridized carbons (Fsp3) is 0.923. The third-order valence-electron chi connectivity index (χ3n) is 3.74. The molecule has 1 fully saturated rings. The van der Waals surface area contributed by atoms with Crippen LogP contribution in [-0.4, -0.2) is 70.6 Å². The molecule has 124 valence electrons. The molecule has 5 nitrogen and oxygen atoms in total. The first kappa shape index (κ1) is 18.2. The molecule has 1 rings (SSSR count). The van der Waals surface area contributed by atoms with Crippen molar-refractivity contribution in [3.05, 3.63) is 0 Å². The van der Waals surface area contributed by atoms with Gasteiger partial charge in [-0.05, 0) is 19.4 Å². The fourth-order valence-electron chi connectivity index (χ4n) is 2.46. The summed E-state index contributed by atoms with van der Waals surface area (Å²) in [5.41, 5.74) is -2.31. The van der Waals surface area contributed by atoms with Crippen LogP contribution in [0.1, 0.15) is 12.8 Å². The lowest BCUT2D eigenvalue weighted by molar-refractivity contribution is -0.222. The maximum Gasteiger partial charge on any atom is 0.404 e. The van der Waals surface area contributed by atoms with Gasteiger partial charge in [0.2, 0.25) is 5.91 Å². The molecule has 1 aliphatic rings. The lowest BCUT2D eigenvalue weighted by Crippen LogP contribution is -2.54. The van der Waals surface area contributed by atoms with Gasteiger partial charge in [0.05, 0.1) is 6.61 Å². The highest BCUT2D eigenvalue weighted by Crippen LogP contribution is 2.44. The number of nitrogens with zero attached hydrogens (tertiary/aromatic N) is 1. The second-order valence-electron chi connectivity index (χ2n) is 5.14. The van der Waals surface area contributed by atoms with Gasteiger partial charge in [0.15, 0.2) is 5.41 Å². The van der Waals surface area contributed by atoms with Gasteiger partial charge in [0, 0.05) is 40.5 Å². The summed E-state index contributed by atoms with van der Waals surface area (Å²) in [6.45, 7) is 0.823. The molecule has 0 radical (unpaired) electrons. The summed E-state index contributed by atoms with van der Waals surface area (Å²) in [5, 5.41) is 2.66. The van der Waals surface area contributed by atoms with Crippen molar-refractivity contribution < 1.29 is 27.4 Å². The normalized spacial score (nSPS) is 22.5. The first-order valence-electron chi connectivity index (χ1n) is 6.94. The molecular formula is C13H23F3N2O3. The highest BCUT2D eigenvalue weighted by Gasteiger charge is 2.62. The summed E-state index contributed by atoms with van der Waals surface area (Å²) in [6.07, 6.45) is -4.28. The lowest BCUT2D eigenvalue weighted by atomic mass is 9.84. The summed E-state index contributed by atoms with van der Waals surface area (Å²) in [7, 11) is 2.97. The van der Waals surface area contributed by atoms with Crippen molar-refractivity contribution in [1.29, 1.82) is 0 Å². The van der Waals surface area contributed by atoms with Crippen LogP contribution < -0.4 is 5.32 Å². The highest BCUT2D eigenvalue weighted by molar-refractivity contribution is 5.84. The molecule has 8 heteroatoms. The zero-order chi connectivity index (χ0) is 15.9. The van der Waals surface area contributed by atoms with Gasteiger partial charge >= 0.3 is 6.18 Å². The third-order valence-corrected chi connectivity index (χ3v) is 3.74. The number of hydrogen-bond donors (Lipinski definition) is 1. The lowest BCUT2D eigenvalue weighted by Gasteiger charge is -2.35. The van der Waals surface area contributed by atoms with Crippen LogP contribution in [-0.2, 0) is 14.3 Å². The zero-order valence-corrected chi connectivity index (χ0v) is 12.5. The summed E-state index contributed by atoms with van der Waals surface area (Å²) >= 11 is 0. The molecule has 1 atom stereocenters. The van der Waals surface area contributed by atoms with E-state index in [9.17, 15) is 18.0 Å². The fourth-order valence-corrected chi connectivity index (χ4v) is 2.46. The van der Waals surface area contributed by atoms with Crippen LogP contribution in [0.5, 0.6) is 0 Å². The number of alkyl halides is 3. The number of carbonyl (C=O) groups excluding carboxylic acids is 1. The Kier molecular flexibility index (Phi) is 6.89. The summed E-state index contributed by atoms with van der Waals surface area (Å²) in [4.78, 5) is 13.7. The Morgan fingerprint density at radius 2 is 1.90 bits per heavy atom. The number of nitrogens with one attached hydrogen (secondary N) is 1.